The molecule has 25 heavy (non-hydrogen) atoms. The molecule has 0 radical (unpaired) electrons. The van der Waals surface area contributed by atoms with E-state index < -0.39 is 0 Å². The minimum absolute atomic E-state index is 0.272. The van der Waals surface area contributed by atoms with Crippen LogP contribution in [-0.2, 0) is 16.0 Å². The molecule has 2 N–H and O–H groups in total. The van der Waals surface area contributed by atoms with Crippen molar-refractivity contribution in [3.63, 3.8) is 0 Å². The number of nitrogens with one attached hydrogen (secondary N) is 2. The van der Waals surface area contributed by atoms with Crippen molar-refractivity contribution in [1.29, 1.82) is 0 Å². The molecule has 0 saturated carbocycles. The second kappa shape index (κ2) is 13.4. The fourth-order valence-electron chi connectivity index (χ4n) is 2.05. The molecule has 0 aliphatic heterocycles. The Balaban J connectivity index is 2.42. The van der Waals surface area contributed by atoms with Gasteiger partial charge in [-0.3, -0.25) is 0 Å². The first-order valence-electron chi connectivity index (χ1n) is 8.71. The molecule has 1 rings (SSSR count). The van der Waals surface area contributed by atoms with Gasteiger partial charge in [-0.05, 0) is 38.0 Å². The predicted octanol–water partition coefficient (Wildman–Crippen LogP) is 2.33. The van der Waals surface area contributed by atoms with Crippen molar-refractivity contribution < 1.29 is 18.6 Å². The molecule has 0 spiro atoms. The Hall–Kier alpha value is -1.86. The summed E-state index contributed by atoms with van der Waals surface area (Å²) < 4.78 is 29.4. The third-order valence-electron chi connectivity index (χ3n) is 3.25. The Bertz CT molecular complexity index is 512. The van der Waals surface area contributed by atoms with Crippen LogP contribution < -0.4 is 15.4 Å². The number of aliphatic imine (C=N–C) groups is 1. The molecule has 0 fully saturated rings. The molecule has 0 bridgehead atoms. The van der Waals surface area contributed by atoms with E-state index in [9.17, 15) is 4.39 Å². The Morgan fingerprint density at radius 1 is 1.16 bits per heavy atom. The predicted molar refractivity (Wildman–Crippen MR) is 97.7 cm³/mol. The molecule has 0 heterocycles. The topological polar surface area (TPSA) is 64.1 Å². The van der Waals surface area contributed by atoms with E-state index in [1.165, 1.54) is 6.07 Å². The minimum atomic E-state index is -0.360. The fourth-order valence-corrected chi connectivity index (χ4v) is 2.05. The zero-order valence-electron chi connectivity index (χ0n) is 15.4. The largest absolute Gasteiger partial charge is 0.491 e. The highest BCUT2D eigenvalue weighted by atomic mass is 19.1. The highest BCUT2D eigenvalue weighted by molar-refractivity contribution is 5.79. The van der Waals surface area contributed by atoms with Crippen molar-refractivity contribution in [3.05, 3.63) is 29.6 Å². The molecule has 7 heteroatoms. The van der Waals surface area contributed by atoms with Crippen LogP contribution in [0.4, 0.5) is 4.39 Å². The molecular weight excluding hydrogens is 325 g/mol. The lowest BCUT2D eigenvalue weighted by molar-refractivity contribution is 0.0698. The monoisotopic (exact) mass is 355 g/mol. The van der Waals surface area contributed by atoms with Gasteiger partial charge in [0, 0.05) is 26.8 Å². The fraction of sp³-hybridized carbons (Fsp3) is 0.611. The van der Waals surface area contributed by atoms with E-state index in [1.54, 1.807) is 13.2 Å². The third kappa shape index (κ3) is 9.26. The number of hydrogen-bond acceptors (Lipinski definition) is 4. The van der Waals surface area contributed by atoms with E-state index in [0.29, 0.717) is 38.9 Å². The van der Waals surface area contributed by atoms with E-state index in [-0.39, 0.29) is 11.6 Å². The maximum absolute atomic E-state index is 13.9. The van der Waals surface area contributed by atoms with Gasteiger partial charge in [0.2, 0.25) is 0 Å². The maximum atomic E-state index is 13.9. The molecule has 0 aromatic heterocycles. The summed E-state index contributed by atoms with van der Waals surface area (Å²) in [7, 11) is 1.65. The lowest BCUT2D eigenvalue weighted by atomic mass is 10.2. The molecule has 0 aliphatic carbocycles. The number of hydrogen-bond donors (Lipinski definition) is 2. The lowest BCUT2D eigenvalue weighted by Gasteiger charge is -2.12. The van der Waals surface area contributed by atoms with Gasteiger partial charge in [0.1, 0.15) is 0 Å². The number of halogens is 1. The summed E-state index contributed by atoms with van der Waals surface area (Å²) in [6.07, 6.45) is 0.867. The van der Waals surface area contributed by atoms with Crippen LogP contribution in [0.25, 0.3) is 0 Å². The average Bonchev–Trinajstić information content (AvgIpc) is 2.61. The molecule has 142 valence electrons. The van der Waals surface area contributed by atoms with Gasteiger partial charge in [0.15, 0.2) is 17.5 Å². The summed E-state index contributed by atoms with van der Waals surface area (Å²) in [6.45, 7) is 8.05. The highest BCUT2D eigenvalue weighted by Gasteiger charge is 2.04. The van der Waals surface area contributed by atoms with Crippen molar-refractivity contribution in [2.45, 2.75) is 26.8 Å². The average molecular weight is 355 g/mol. The molecule has 6 nitrogen and oxygen atoms in total. The second-order valence-electron chi connectivity index (χ2n) is 5.28. The summed E-state index contributed by atoms with van der Waals surface area (Å²) in [5.41, 5.74) is 0.793. The maximum Gasteiger partial charge on any atom is 0.191 e. The molecule has 1 aromatic rings. The quantitative estimate of drug-likeness (QED) is 0.342. The van der Waals surface area contributed by atoms with Gasteiger partial charge < -0.3 is 24.8 Å². The van der Waals surface area contributed by atoms with Crippen LogP contribution in [0.5, 0.6) is 5.75 Å². The first-order chi connectivity index (χ1) is 12.2. The highest BCUT2D eigenvalue weighted by Crippen LogP contribution is 2.18. The summed E-state index contributed by atoms with van der Waals surface area (Å²) in [5.74, 6) is 0.614. The molecule has 0 aliphatic rings. The second-order valence-corrected chi connectivity index (χ2v) is 5.28. The van der Waals surface area contributed by atoms with Crippen molar-refractivity contribution >= 4 is 5.96 Å². The van der Waals surface area contributed by atoms with Crippen LogP contribution in [0.15, 0.2) is 23.2 Å². The van der Waals surface area contributed by atoms with Crippen LogP contribution in [-0.4, -0.2) is 52.6 Å². The van der Waals surface area contributed by atoms with Gasteiger partial charge in [-0.1, -0.05) is 6.07 Å². The van der Waals surface area contributed by atoms with Gasteiger partial charge in [0.25, 0.3) is 0 Å². The molecule has 0 unspecified atom stereocenters. The van der Waals surface area contributed by atoms with E-state index in [2.05, 4.69) is 15.6 Å². The van der Waals surface area contributed by atoms with Gasteiger partial charge >= 0.3 is 0 Å². The molecule has 0 saturated heterocycles. The van der Waals surface area contributed by atoms with Gasteiger partial charge in [-0.25, -0.2) is 9.38 Å². The Kier molecular flexibility index (Phi) is 11.4. The summed E-state index contributed by atoms with van der Waals surface area (Å²) in [4.78, 5) is 4.47. The Morgan fingerprint density at radius 3 is 2.68 bits per heavy atom. The number of methoxy groups -OCH3 is 1. The molecular formula is C18H30FN3O3. The SMILES string of the molecule is CCNC(=NCc1ccc(OCC)c(F)c1)NCCCOCCOC. The minimum Gasteiger partial charge on any atom is -0.491 e. The first-order valence-corrected chi connectivity index (χ1v) is 8.71. The lowest BCUT2D eigenvalue weighted by Crippen LogP contribution is -2.38. The number of ether oxygens (including phenoxy) is 3. The van der Waals surface area contributed by atoms with Crippen LogP contribution in [0.3, 0.4) is 0 Å². The smallest absolute Gasteiger partial charge is 0.191 e. The number of benzene rings is 1. The standard InChI is InChI=1S/C18H30FN3O3/c1-4-20-18(21-9-6-10-24-12-11-23-3)22-14-15-7-8-17(25-5-2)16(19)13-15/h7-8,13H,4-6,9-12,14H2,1-3H3,(H2,20,21,22). The van der Waals surface area contributed by atoms with Gasteiger partial charge in [-0.2, -0.15) is 0 Å². The molecule has 0 atom stereocenters. The van der Waals surface area contributed by atoms with Crippen molar-refractivity contribution in [2.24, 2.45) is 4.99 Å². The van der Waals surface area contributed by atoms with E-state index in [0.717, 1.165) is 25.1 Å². The zero-order chi connectivity index (χ0) is 18.3. The number of rotatable bonds is 12. The first kappa shape index (κ1) is 21.2. The van der Waals surface area contributed by atoms with Crippen LogP contribution >= 0.6 is 0 Å². The Labute approximate surface area is 149 Å². The van der Waals surface area contributed by atoms with Crippen molar-refractivity contribution in [3.8, 4) is 5.75 Å². The third-order valence-corrected chi connectivity index (χ3v) is 3.25. The summed E-state index contributed by atoms with van der Waals surface area (Å²) >= 11 is 0. The van der Waals surface area contributed by atoms with Crippen LogP contribution in [0.1, 0.15) is 25.8 Å². The van der Waals surface area contributed by atoms with E-state index in [1.807, 2.05) is 19.9 Å². The van der Waals surface area contributed by atoms with E-state index >= 15 is 0 Å². The summed E-state index contributed by atoms with van der Waals surface area (Å²) in [6, 6.07) is 4.92. The van der Waals surface area contributed by atoms with Gasteiger partial charge in [-0.15, -0.1) is 0 Å². The molecule has 0 amide bonds. The van der Waals surface area contributed by atoms with Crippen LogP contribution in [0, 0.1) is 5.82 Å². The summed E-state index contributed by atoms with van der Waals surface area (Å²) in [5, 5.41) is 6.41. The zero-order valence-corrected chi connectivity index (χ0v) is 15.4. The molecule has 1 aromatic carbocycles. The normalized spacial score (nSPS) is 11.4. The number of guanidine groups is 1. The number of nitrogens with zero attached hydrogens (tertiary/aromatic N) is 1. The Morgan fingerprint density at radius 2 is 2.00 bits per heavy atom. The van der Waals surface area contributed by atoms with E-state index in [4.69, 9.17) is 14.2 Å². The van der Waals surface area contributed by atoms with Crippen molar-refractivity contribution in [1.82, 2.24) is 10.6 Å². The van der Waals surface area contributed by atoms with Crippen molar-refractivity contribution in [2.75, 3.05) is 46.6 Å². The van der Waals surface area contributed by atoms with Crippen LogP contribution in [0.2, 0.25) is 0 Å². The van der Waals surface area contributed by atoms with Gasteiger partial charge in [0.05, 0.1) is 26.4 Å².